The largest absolute Gasteiger partial charge is 0.324 e. The van der Waals surface area contributed by atoms with E-state index in [-0.39, 0.29) is 6.04 Å². The Morgan fingerprint density at radius 1 is 1.05 bits per heavy atom. The van der Waals surface area contributed by atoms with Gasteiger partial charge in [-0.15, -0.1) is 0 Å². The van der Waals surface area contributed by atoms with E-state index in [0.29, 0.717) is 0 Å². The monoisotopic (exact) mass is 262 g/mol. The van der Waals surface area contributed by atoms with E-state index >= 15 is 0 Å². The summed E-state index contributed by atoms with van der Waals surface area (Å²) in [5, 5.41) is 0. The Morgan fingerprint density at radius 2 is 1.74 bits per heavy atom. The maximum absolute atomic E-state index is 6.31. The summed E-state index contributed by atoms with van der Waals surface area (Å²) in [6.07, 6.45) is 15.4. The second-order valence-corrected chi connectivity index (χ2v) is 5.44. The molecule has 0 spiro atoms. The first kappa shape index (κ1) is 16.2. The van der Waals surface area contributed by atoms with Gasteiger partial charge in [0.15, 0.2) is 0 Å². The number of rotatable bonds is 10. The number of hydrogen-bond acceptors (Lipinski definition) is 2. The van der Waals surface area contributed by atoms with Crippen LogP contribution in [0.4, 0.5) is 0 Å². The molecule has 0 aliphatic heterocycles. The van der Waals surface area contributed by atoms with Gasteiger partial charge in [0.05, 0.1) is 0 Å². The average Bonchev–Trinajstić information content (AvgIpc) is 2.46. The predicted molar refractivity (Wildman–Crippen MR) is 83.2 cm³/mol. The van der Waals surface area contributed by atoms with Gasteiger partial charge in [-0.05, 0) is 30.0 Å². The van der Waals surface area contributed by atoms with Crippen LogP contribution in [0, 0.1) is 0 Å². The van der Waals surface area contributed by atoms with E-state index in [0.717, 1.165) is 12.8 Å². The zero-order valence-electron chi connectivity index (χ0n) is 12.7. The molecule has 0 fully saturated rings. The van der Waals surface area contributed by atoms with Crippen LogP contribution in [0.25, 0.3) is 0 Å². The third-order valence-corrected chi connectivity index (χ3v) is 3.84. The molecule has 0 saturated heterocycles. The van der Waals surface area contributed by atoms with Crippen molar-refractivity contribution in [2.45, 2.75) is 77.7 Å². The van der Waals surface area contributed by atoms with Crippen LogP contribution in [0.5, 0.6) is 0 Å². The fourth-order valence-electron chi connectivity index (χ4n) is 2.57. The molecule has 19 heavy (non-hydrogen) atoms. The molecule has 1 unspecified atom stereocenters. The topological polar surface area (TPSA) is 38.9 Å². The highest BCUT2D eigenvalue weighted by atomic mass is 14.7. The molecule has 0 aromatic carbocycles. The molecule has 0 saturated carbocycles. The Hall–Kier alpha value is -0.890. The number of aromatic nitrogens is 1. The molecule has 1 heterocycles. The number of pyridine rings is 1. The van der Waals surface area contributed by atoms with Crippen LogP contribution < -0.4 is 5.73 Å². The molecule has 108 valence electrons. The minimum Gasteiger partial charge on any atom is -0.324 e. The minimum absolute atomic E-state index is 0.189. The quantitative estimate of drug-likeness (QED) is 0.616. The molecule has 2 N–H and O–H groups in total. The van der Waals surface area contributed by atoms with Gasteiger partial charge in [-0.25, -0.2) is 0 Å². The number of nitrogens with zero attached hydrogens (tertiary/aromatic N) is 1. The lowest BCUT2D eigenvalue weighted by molar-refractivity contribution is 0.539. The number of nitrogens with two attached hydrogens (primary N) is 1. The maximum Gasteiger partial charge on any atom is 0.0303 e. The summed E-state index contributed by atoms with van der Waals surface area (Å²) in [7, 11) is 0. The molecule has 2 heteroatoms. The van der Waals surface area contributed by atoms with Gasteiger partial charge in [-0.1, -0.05) is 58.8 Å². The minimum atomic E-state index is 0.189. The van der Waals surface area contributed by atoms with Gasteiger partial charge in [0.1, 0.15) is 0 Å². The molecular formula is C17H30N2. The molecule has 2 nitrogen and oxygen atoms in total. The molecular weight excluding hydrogens is 232 g/mol. The zero-order chi connectivity index (χ0) is 13.9. The number of unbranched alkanes of at least 4 members (excludes halogenated alkanes) is 6. The van der Waals surface area contributed by atoms with E-state index in [2.05, 4.69) is 24.9 Å². The lowest BCUT2D eigenvalue weighted by Gasteiger charge is -2.15. The van der Waals surface area contributed by atoms with Crippen LogP contribution in [-0.2, 0) is 6.42 Å². The van der Waals surface area contributed by atoms with Crippen LogP contribution in [0.15, 0.2) is 18.5 Å². The molecule has 0 aliphatic carbocycles. The molecule has 1 atom stereocenters. The average molecular weight is 262 g/mol. The van der Waals surface area contributed by atoms with E-state index in [1.807, 2.05) is 12.4 Å². The highest BCUT2D eigenvalue weighted by molar-refractivity contribution is 5.26. The van der Waals surface area contributed by atoms with Crippen LogP contribution in [0.1, 0.15) is 82.4 Å². The highest BCUT2D eigenvalue weighted by Gasteiger charge is 2.09. The summed E-state index contributed by atoms with van der Waals surface area (Å²) >= 11 is 0. The maximum atomic E-state index is 6.31. The number of aryl methyl sites for hydroxylation is 1. The molecule has 0 radical (unpaired) electrons. The van der Waals surface area contributed by atoms with Crippen molar-refractivity contribution in [1.29, 1.82) is 0 Å². The van der Waals surface area contributed by atoms with Gasteiger partial charge in [-0.2, -0.15) is 0 Å². The van der Waals surface area contributed by atoms with Crippen molar-refractivity contribution in [1.82, 2.24) is 4.98 Å². The molecule has 0 bridgehead atoms. The smallest absolute Gasteiger partial charge is 0.0303 e. The van der Waals surface area contributed by atoms with Gasteiger partial charge in [-0.3, -0.25) is 4.98 Å². The van der Waals surface area contributed by atoms with Crippen LogP contribution in [0.2, 0.25) is 0 Å². The van der Waals surface area contributed by atoms with E-state index in [1.165, 1.54) is 56.1 Å². The Balaban J connectivity index is 2.22. The SMILES string of the molecule is CCCCCCCCCC(N)c1ccncc1CC. The predicted octanol–water partition coefficient (Wildman–Crippen LogP) is 4.78. The Morgan fingerprint density at radius 3 is 2.42 bits per heavy atom. The van der Waals surface area contributed by atoms with Gasteiger partial charge in [0.2, 0.25) is 0 Å². The number of hydrogen-bond donors (Lipinski definition) is 1. The lowest BCUT2D eigenvalue weighted by atomic mass is 9.96. The van der Waals surface area contributed by atoms with Gasteiger partial charge in [0, 0.05) is 18.4 Å². The summed E-state index contributed by atoms with van der Waals surface area (Å²) < 4.78 is 0. The summed E-state index contributed by atoms with van der Waals surface area (Å²) in [4.78, 5) is 4.18. The molecule has 0 amide bonds. The molecule has 1 aromatic rings. The first-order chi connectivity index (χ1) is 9.29. The Bertz CT molecular complexity index is 336. The van der Waals surface area contributed by atoms with Crippen LogP contribution >= 0.6 is 0 Å². The van der Waals surface area contributed by atoms with Gasteiger partial charge < -0.3 is 5.73 Å². The van der Waals surface area contributed by atoms with E-state index in [1.54, 1.807) is 0 Å². The molecule has 0 aliphatic rings. The summed E-state index contributed by atoms with van der Waals surface area (Å²) in [5.74, 6) is 0. The van der Waals surface area contributed by atoms with Crippen molar-refractivity contribution in [2.24, 2.45) is 5.73 Å². The Labute approximate surface area is 118 Å². The van der Waals surface area contributed by atoms with Crippen molar-refractivity contribution in [3.05, 3.63) is 29.6 Å². The first-order valence-electron chi connectivity index (χ1n) is 7.98. The molecule has 1 aromatic heterocycles. The van der Waals surface area contributed by atoms with Crippen molar-refractivity contribution in [2.75, 3.05) is 0 Å². The van der Waals surface area contributed by atoms with Gasteiger partial charge in [0.25, 0.3) is 0 Å². The van der Waals surface area contributed by atoms with Crippen molar-refractivity contribution in [3.8, 4) is 0 Å². The highest BCUT2D eigenvalue weighted by Crippen LogP contribution is 2.21. The first-order valence-corrected chi connectivity index (χ1v) is 7.98. The van der Waals surface area contributed by atoms with Gasteiger partial charge >= 0.3 is 0 Å². The second-order valence-electron chi connectivity index (χ2n) is 5.44. The summed E-state index contributed by atoms with van der Waals surface area (Å²) in [5.41, 5.74) is 8.90. The van der Waals surface area contributed by atoms with Crippen LogP contribution in [-0.4, -0.2) is 4.98 Å². The summed E-state index contributed by atoms with van der Waals surface area (Å²) in [6.45, 7) is 4.43. The fourth-order valence-corrected chi connectivity index (χ4v) is 2.57. The third-order valence-electron chi connectivity index (χ3n) is 3.84. The van der Waals surface area contributed by atoms with Crippen molar-refractivity contribution >= 4 is 0 Å². The standard InChI is InChI=1S/C17H30N2/c1-3-5-6-7-8-9-10-11-17(18)16-12-13-19-14-15(16)4-2/h12-14,17H,3-11,18H2,1-2H3. The molecule has 1 rings (SSSR count). The zero-order valence-corrected chi connectivity index (χ0v) is 12.7. The van der Waals surface area contributed by atoms with E-state index in [9.17, 15) is 0 Å². The third kappa shape index (κ3) is 6.20. The fraction of sp³-hybridized carbons (Fsp3) is 0.706. The normalized spacial score (nSPS) is 12.6. The van der Waals surface area contributed by atoms with E-state index in [4.69, 9.17) is 5.73 Å². The summed E-state index contributed by atoms with van der Waals surface area (Å²) in [6, 6.07) is 2.28. The second kappa shape index (κ2) is 9.96. The van der Waals surface area contributed by atoms with Crippen molar-refractivity contribution < 1.29 is 0 Å². The van der Waals surface area contributed by atoms with E-state index < -0.39 is 0 Å². The van der Waals surface area contributed by atoms with Crippen LogP contribution in [0.3, 0.4) is 0 Å². The Kier molecular flexibility index (Phi) is 8.48. The lowest BCUT2D eigenvalue weighted by Crippen LogP contribution is -2.12. The van der Waals surface area contributed by atoms with Crippen molar-refractivity contribution in [3.63, 3.8) is 0 Å².